The molecule has 0 spiro atoms. The molecule has 0 aromatic rings. The zero-order chi connectivity index (χ0) is 18.6. The van der Waals surface area contributed by atoms with Gasteiger partial charge in [0.25, 0.3) is 0 Å². The quantitative estimate of drug-likeness (QED) is 0.733. The highest BCUT2D eigenvalue weighted by atomic mass is 16.3. The Labute approximate surface area is 147 Å². The number of hydrogen-bond acceptors (Lipinski definition) is 5. The van der Waals surface area contributed by atoms with Gasteiger partial charge in [-0.2, -0.15) is 15.8 Å². The molecule has 3 rings (SSSR count). The van der Waals surface area contributed by atoms with Gasteiger partial charge in [0.2, 0.25) is 0 Å². The molecule has 1 saturated carbocycles. The lowest BCUT2D eigenvalue weighted by Crippen LogP contribution is -2.54. The molecule has 1 N–H and O–H groups in total. The number of nitrogens with zero attached hydrogens (tertiary/aromatic N) is 3. The van der Waals surface area contributed by atoms with Crippen LogP contribution in [0.4, 0.5) is 0 Å². The van der Waals surface area contributed by atoms with E-state index in [9.17, 15) is 25.7 Å². The standard InChI is InChI=1S/C20H19N3O2/c1-18(2)15-4-5-20(11-23)8-12(9-21)14(24)6-16(20)19(15,3)7-13(10-22)17(18)25/h6-8,15,17,25H,4-5H2,1-3H3/t15?,17?,19?,20-/m0/s1. The predicted octanol–water partition coefficient (Wildman–Crippen LogP) is 2.72. The van der Waals surface area contributed by atoms with Gasteiger partial charge in [-0.3, -0.25) is 4.79 Å². The van der Waals surface area contributed by atoms with E-state index in [1.807, 2.05) is 26.8 Å². The average Bonchev–Trinajstić information content (AvgIpc) is 2.58. The van der Waals surface area contributed by atoms with E-state index < -0.39 is 28.1 Å². The van der Waals surface area contributed by atoms with Gasteiger partial charge in [-0.25, -0.2) is 0 Å². The normalized spacial score (nSPS) is 38.6. The lowest BCUT2D eigenvalue weighted by molar-refractivity contribution is -0.111. The molecule has 5 nitrogen and oxygen atoms in total. The molecule has 3 unspecified atom stereocenters. The van der Waals surface area contributed by atoms with Crippen LogP contribution in [-0.2, 0) is 4.79 Å². The number of ketones is 1. The van der Waals surface area contributed by atoms with Gasteiger partial charge >= 0.3 is 0 Å². The number of fused-ring (bicyclic) bond motifs is 3. The minimum atomic E-state index is -1.01. The molecular formula is C20H19N3O2. The van der Waals surface area contributed by atoms with Crippen molar-refractivity contribution < 1.29 is 9.90 Å². The third-order valence-electron chi connectivity index (χ3n) is 6.35. The van der Waals surface area contributed by atoms with Crippen molar-refractivity contribution >= 4 is 5.78 Å². The summed E-state index contributed by atoms with van der Waals surface area (Å²) in [5, 5.41) is 39.2. The second kappa shape index (κ2) is 5.16. The molecule has 5 heteroatoms. The van der Waals surface area contributed by atoms with Gasteiger partial charge in [0.1, 0.15) is 6.07 Å². The van der Waals surface area contributed by atoms with Gasteiger partial charge in [-0.1, -0.05) is 26.8 Å². The molecule has 0 heterocycles. The highest BCUT2D eigenvalue weighted by Gasteiger charge is 2.59. The van der Waals surface area contributed by atoms with E-state index in [1.54, 1.807) is 6.08 Å². The fourth-order valence-corrected chi connectivity index (χ4v) is 5.08. The summed E-state index contributed by atoms with van der Waals surface area (Å²) in [6.45, 7) is 5.77. The van der Waals surface area contributed by atoms with Crippen LogP contribution in [0.3, 0.4) is 0 Å². The monoisotopic (exact) mass is 333 g/mol. The molecule has 3 aliphatic rings. The summed E-state index contributed by atoms with van der Waals surface area (Å²) >= 11 is 0. The molecule has 0 radical (unpaired) electrons. The van der Waals surface area contributed by atoms with Crippen molar-refractivity contribution in [3.05, 3.63) is 34.9 Å². The first kappa shape index (κ1) is 17.2. The SMILES string of the molecule is CC12C=C(C#N)C(O)C(C)(C)C1CC[C@@]1(C#N)C=C(C#N)C(=O)C=C21. The molecular weight excluding hydrogens is 314 g/mol. The Bertz CT molecular complexity index is 887. The number of carbonyl (C=O) groups is 1. The summed E-state index contributed by atoms with van der Waals surface area (Å²) in [4.78, 5) is 12.3. The van der Waals surface area contributed by atoms with Crippen LogP contribution < -0.4 is 0 Å². The molecule has 3 aliphatic carbocycles. The molecule has 0 saturated heterocycles. The second-order valence-electron chi connectivity index (χ2n) is 7.98. The van der Waals surface area contributed by atoms with Crippen molar-refractivity contribution in [3.8, 4) is 18.2 Å². The van der Waals surface area contributed by atoms with Gasteiger partial charge in [-0.15, -0.1) is 0 Å². The Morgan fingerprint density at radius 3 is 2.40 bits per heavy atom. The fraction of sp³-hybridized carbons (Fsp3) is 0.500. The summed E-state index contributed by atoms with van der Waals surface area (Å²) < 4.78 is 0. The van der Waals surface area contributed by atoms with Gasteiger partial charge in [0.05, 0.1) is 34.8 Å². The van der Waals surface area contributed by atoms with Crippen LogP contribution in [0, 0.1) is 56.2 Å². The smallest absolute Gasteiger partial charge is 0.196 e. The topological polar surface area (TPSA) is 109 Å². The third-order valence-corrected chi connectivity index (χ3v) is 6.35. The van der Waals surface area contributed by atoms with E-state index in [2.05, 4.69) is 12.1 Å². The van der Waals surface area contributed by atoms with Crippen molar-refractivity contribution in [3.63, 3.8) is 0 Å². The fourth-order valence-electron chi connectivity index (χ4n) is 5.08. The maximum absolute atomic E-state index is 12.3. The molecule has 0 aromatic heterocycles. The van der Waals surface area contributed by atoms with E-state index in [0.29, 0.717) is 18.4 Å². The molecule has 25 heavy (non-hydrogen) atoms. The van der Waals surface area contributed by atoms with Crippen LogP contribution in [0.15, 0.2) is 34.9 Å². The van der Waals surface area contributed by atoms with Crippen LogP contribution in [0.2, 0.25) is 0 Å². The highest BCUT2D eigenvalue weighted by molar-refractivity contribution is 6.09. The minimum Gasteiger partial charge on any atom is -0.387 e. The Kier molecular flexibility index (Phi) is 3.54. The van der Waals surface area contributed by atoms with E-state index in [0.717, 1.165) is 0 Å². The molecule has 0 aliphatic heterocycles. The van der Waals surface area contributed by atoms with Crippen LogP contribution in [0.25, 0.3) is 0 Å². The van der Waals surface area contributed by atoms with E-state index in [4.69, 9.17) is 0 Å². The van der Waals surface area contributed by atoms with Crippen LogP contribution in [-0.4, -0.2) is 17.0 Å². The third kappa shape index (κ3) is 2.05. The first-order valence-electron chi connectivity index (χ1n) is 8.28. The molecule has 0 aromatic carbocycles. The zero-order valence-corrected chi connectivity index (χ0v) is 14.5. The Hall–Kier alpha value is -2.68. The lowest BCUT2D eigenvalue weighted by atomic mass is 9.45. The first-order chi connectivity index (χ1) is 11.7. The number of nitriles is 3. The van der Waals surface area contributed by atoms with E-state index in [-0.39, 0.29) is 17.1 Å². The summed E-state index contributed by atoms with van der Waals surface area (Å²) in [6.07, 6.45) is 4.89. The van der Waals surface area contributed by atoms with Crippen molar-refractivity contribution in [2.45, 2.75) is 39.7 Å². The number of carbonyl (C=O) groups excluding carboxylic acids is 1. The summed E-state index contributed by atoms with van der Waals surface area (Å²) in [7, 11) is 0. The molecule has 0 amide bonds. The van der Waals surface area contributed by atoms with Crippen molar-refractivity contribution in [2.24, 2.45) is 22.2 Å². The summed E-state index contributed by atoms with van der Waals surface area (Å²) in [5.74, 6) is -0.425. The van der Waals surface area contributed by atoms with Gasteiger partial charge in [-0.05, 0) is 41.9 Å². The zero-order valence-electron chi connectivity index (χ0n) is 14.5. The maximum atomic E-state index is 12.3. The molecule has 126 valence electrons. The molecule has 4 atom stereocenters. The number of hydrogen-bond donors (Lipinski definition) is 1. The molecule has 1 fully saturated rings. The Morgan fingerprint density at radius 1 is 1.16 bits per heavy atom. The Balaban J connectivity index is 2.29. The molecule has 0 bridgehead atoms. The van der Waals surface area contributed by atoms with Crippen LogP contribution in [0.5, 0.6) is 0 Å². The van der Waals surface area contributed by atoms with Gasteiger partial charge in [0, 0.05) is 5.41 Å². The average molecular weight is 333 g/mol. The lowest BCUT2D eigenvalue weighted by Gasteiger charge is -2.57. The Morgan fingerprint density at radius 2 is 1.84 bits per heavy atom. The number of aliphatic hydroxyl groups is 1. The number of rotatable bonds is 0. The van der Waals surface area contributed by atoms with Crippen molar-refractivity contribution in [1.82, 2.24) is 0 Å². The van der Waals surface area contributed by atoms with Crippen LogP contribution in [0.1, 0.15) is 33.6 Å². The van der Waals surface area contributed by atoms with Gasteiger partial charge in [0.15, 0.2) is 5.78 Å². The van der Waals surface area contributed by atoms with Crippen molar-refractivity contribution in [2.75, 3.05) is 0 Å². The van der Waals surface area contributed by atoms with Gasteiger partial charge < -0.3 is 5.11 Å². The first-order valence-corrected chi connectivity index (χ1v) is 8.28. The van der Waals surface area contributed by atoms with Crippen LogP contribution >= 0.6 is 0 Å². The number of allylic oxidation sites excluding steroid dienone is 5. The number of aliphatic hydroxyl groups excluding tert-OH is 1. The maximum Gasteiger partial charge on any atom is 0.196 e. The highest BCUT2D eigenvalue weighted by Crippen LogP contribution is 2.64. The second-order valence-corrected chi connectivity index (χ2v) is 7.98. The van der Waals surface area contributed by atoms with E-state index >= 15 is 0 Å². The summed E-state index contributed by atoms with van der Waals surface area (Å²) in [6, 6.07) is 6.27. The van der Waals surface area contributed by atoms with E-state index in [1.165, 1.54) is 12.2 Å². The predicted molar refractivity (Wildman–Crippen MR) is 89.1 cm³/mol. The largest absolute Gasteiger partial charge is 0.387 e. The van der Waals surface area contributed by atoms with Crippen molar-refractivity contribution in [1.29, 1.82) is 15.8 Å². The minimum absolute atomic E-state index is 0.00746. The summed E-state index contributed by atoms with van der Waals surface area (Å²) in [5.41, 5.74) is -1.39.